The van der Waals surface area contributed by atoms with E-state index >= 15 is 0 Å². The molecule has 4 heteroatoms. The molecule has 2 aromatic rings. The molecule has 0 aliphatic rings. The van der Waals surface area contributed by atoms with Gasteiger partial charge in [0.05, 0.1) is 17.6 Å². The molecule has 4 nitrogen and oxygen atoms in total. The van der Waals surface area contributed by atoms with Gasteiger partial charge in [-0.05, 0) is 31.0 Å². The molecule has 0 spiro atoms. The molecule has 0 saturated heterocycles. The van der Waals surface area contributed by atoms with Crippen molar-refractivity contribution < 1.29 is 5.11 Å². The van der Waals surface area contributed by atoms with E-state index in [1.54, 1.807) is 0 Å². The molecule has 2 rings (SSSR count). The van der Waals surface area contributed by atoms with Crippen LogP contribution >= 0.6 is 0 Å². The summed E-state index contributed by atoms with van der Waals surface area (Å²) in [7, 11) is 2.00. The number of nitrogens with two attached hydrogens (primary N) is 1. The van der Waals surface area contributed by atoms with E-state index in [1.165, 1.54) is 0 Å². The highest BCUT2D eigenvalue weighted by Gasteiger charge is 2.07. The fraction of sp³-hybridized carbons (Fsp3) is 0.417. The molecule has 1 unspecified atom stereocenters. The number of imidazole rings is 1. The molecule has 1 aromatic heterocycles. The molecule has 0 saturated carbocycles. The second kappa shape index (κ2) is 4.23. The van der Waals surface area contributed by atoms with Crippen molar-refractivity contribution in [3.05, 3.63) is 29.6 Å². The van der Waals surface area contributed by atoms with Gasteiger partial charge in [-0.15, -0.1) is 0 Å². The van der Waals surface area contributed by atoms with Gasteiger partial charge < -0.3 is 15.4 Å². The number of hydrogen-bond donors (Lipinski definition) is 2. The zero-order valence-corrected chi connectivity index (χ0v) is 9.64. The fourth-order valence-electron chi connectivity index (χ4n) is 1.86. The van der Waals surface area contributed by atoms with Gasteiger partial charge in [0.15, 0.2) is 0 Å². The number of rotatable bonds is 3. The third-order valence-electron chi connectivity index (χ3n) is 2.90. The quantitative estimate of drug-likeness (QED) is 0.800. The van der Waals surface area contributed by atoms with Gasteiger partial charge in [-0.2, -0.15) is 0 Å². The minimum atomic E-state index is -0.192. The number of benzene rings is 1. The summed E-state index contributed by atoms with van der Waals surface area (Å²) in [6, 6.07) is 5.94. The third kappa shape index (κ3) is 1.94. The highest BCUT2D eigenvalue weighted by atomic mass is 16.3. The Hall–Kier alpha value is -1.39. The number of hydrogen-bond acceptors (Lipinski definition) is 3. The van der Waals surface area contributed by atoms with E-state index in [4.69, 9.17) is 10.8 Å². The summed E-state index contributed by atoms with van der Waals surface area (Å²) in [6.07, 6.45) is 0.683. The molecule has 0 aliphatic carbocycles. The van der Waals surface area contributed by atoms with Gasteiger partial charge in [0.1, 0.15) is 5.82 Å². The van der Waals surface area contributed by atoms with E-state index in [-0.39, 0.29) is 12.6 Å². The van der Waals surface area contributed by atoms with Gasteiger partial charge in [0, 0.05) is 13.1 Å². The van der Waals surface area contributed by atoms with Crippen LogP contribution in [-0.2, 0) is 13.5 Å². The van der Waals surface area contributed by atoms with Crippen molar-refractivity contribution in [2.24, 2.45) is 12.8 Å². The first-order valence-electron chi connectivity index (χ1n) is 5.40. The zero-order chi connectivity index (χ0) is 11.7. The standard InChI is InChI=1S/C12H17N3O/c1-8-14-11-6-9(5-10(13)7-16)3-4-12(11)15(8)2/h3-4,6,10,16H,5,7,13H2,1-2H3. The van der Waals surface area contributed by atoms with Crippen LogP contribution in [0.5, 0.6) is 0 Å². The van der Waals surface area contributed by atoms with Gasteiger partial charge in [-0.1, -0.05) is 6.07 Å². The summed E-state index contributed by atoms with van der Waals surface area (Å²) in [6.45, 7) is 2.00. The smallest absolute Gasteiger partial charge is 0.106 e. The van der Waals surface area contributed by atoms with Crippen molar-refractivity contribution in [1.29, 1.82) is 0 Å². The Morgan fingerprint density at radius 1 is 1.50 bits per heavy atom. The monoisotopic (exact) mass is 219 g/mol. The average molecular weight is 219 g/mol. The van der Waals surface area contributed by atoms with Crippen LogP contribution in [0.15, 0.2) is 18.2 Å². The molecule has 16 heavy (non-hydrogen) atoms. The predicted molar refractivity (Wildman–Crippen MR) is 64.2 cm³/mol. The zero-order valence-electron chi connectivity index (χ0n) is 9.64. The maximum Gasteiger partial charge on any atom is 0.106 e. The maximum absolute atomic E-state index is 8.91. The highest BCUT2D eigenvalue weighted by Crippen LogP contribution is 2.17. The summed E-state index contributed by atoms with van der Waals surface area (Å²) in [4.78, 5) is 4.47. The minimum absolute atomic E-state index is 0.0132. The molecule has 86 valence electrons. The van der Waals surface area contributed by atoms with Crippen LogP contribution in [0, 0.1) is 6.92 Å². The lowest BCUT2D eigenvalue weighted by molar-refractivity contribution is 0.265. The fourth-order valence-corrected chi connectivity index (χ4v) is 1.86. The Morgan fingerprint density at radius 2 is 2.25 bits per heavy atom. The van der Waals surface area contributed by atoms with E-state index in [0.29, 0.717) is 6.42 Å². The second-order valence-electron chi connectivity index (χ2n) is 4.19. The van der Waals surface area contributed by atoms with Gasteiger partial charge in [-0.3, -0.25) is 0 Å². The number of nitrogens with zero attached hydrogens (tertiary/aromatic N) is 2. The number of fused-ring (bicyclic) bond motifs is 1. The van der Waals surface area contributed by atoms with Gasteiger partial charge in [-0.25, -0.2) is 4.98 Å². The Balaban J connectivity index is 2.37. The number of aryl methyl sites for hydroxylation is 2. The largest absolute Gasteiger partial charge is 0.395 e. The van der Waals surface area contributed by atoms with Crippen molar-refractivity contribution in [2.45, 2.75) is 19.4 Å². The normalized spacial score (nSPS) is 13.2. The molecule has 0 bridgehead atoms. The molecular weight excluding hydrogens is 202 g/mol. The SMILES string of the molecule is Cc1nc2cc(CC(N)CO)ccc2n1C. The molecule has 1 aromatic carbocycles. The van der Waals surface area contributed by atoms with Crippen LogP contribution in [0.25, 0.3) is 11.0 Å². The summed E-state index contributed by atoms with van der Waals surface area (Å²) < 4.78 is 2.06. The van der Waals surface area contributed by atoms with Crippen LogP contribution in [0.1, 0.15) is 11.4 Å². The number of aliphatic hydroxyl groups excluding tert-OH is 1. The lowest BCUT2D eigenvalue weighted by Gasteiger charge is -2.07. The Kier molecular flexibility index (Phi) is 2.94. The topological polar surface area (TPSA) is 64.1 Å². The Labute approximate surface area is 94.7 Å². The first-order chi connectivity index (χ1) is 7.61. The van der Waals surface area contributed by atoms with E-state index in [0.717, 1.165) is 22.4 Å². The Bertz CT molecular complexity index is 504. The van der Waals surface area contributed by atoms with Gasteiger partial charge in [0.25, 0.3) is 0 Å². The van der Waals surface area contributed by atoms with E-state index < -0.39 is 0 Å². The second-order valence-corrected chi connectivity index (χ2v) is 4.19. The van der Waals surface area contributed by atoms with Crippen LogP contribution in [-0.4, -0.2) is 27.3 Å². The predicted octanol–water partition coefficient (Wildman–Crippen LogP) is 0.744. The maximum atomic E-state index is 8.91. The summed E-state index contributed by atoms with van der Waals surface area (Å²) in [5.74, 6) is 0.999. The summed E-state index contributed by atoms with van der Waals surface area (Å²) in [5.41, 5.74) is 8.94. The van der Waals surface area contributed by atoms with Gasteiger partial charge in [0.2, 0.25) is 0 Å². The first-order valence-corrected chi connectivity index (χ1v) is 5.40. The highest BCUT2D eigenvalue weighted by molar-refractivity contribution is 5.76. The van der Waals surface area contributed by atoms with Crippen LogP contribution in [0.2, 0.25) is 0 Å². The lowest BCUT2D eigenvalue weighted by atomic mass is 10.1. The Morgan fingerprint density at radius 3 is 2.94 bits per heavy atom. The minimum Gasteiger partial charge on any atom is -0.395 e. The summed E-state index contributed by atoms with van der Waals surface area (Å²) in [5, 5.41) is 8.91. The molecular formula is C12H17N3O. The average Bonchev–Trinajstić information content (AvgIpc) is 2.54. The van der Waals surface area contributed by atoms with Crippen molar-refractivity contribution in [2.75, 3.05) is 6.61 Å². The van der Waals surface area contributed by atoms with Crippen LogP contribution in [0.3, 0.4) is 0 Å². The lowest BCUT2D eigenvalue weighted by Crippen LogP contribution is -2.26. The molecule has 0 radical (unpaired) electrons. The molecule has 0 aliphatic heterocycles. The van der Waals surface area contributed by atoms with Crippen LogP contribution in [0.4, 0.5) is 0 Å². The number of aliphatic hydroxyl groups is 1. The van der Waals surface area contributed by atoms with Crippen LogP contribution < -0.4 is 5.73 Å². The third-order valence-corrected chi connectivity index (χ3v) is 2.90. The van der Waals surface area contributed by atoms with Crippen molar-refractivity contribution >= 4 is 11.0 Å². The van der Waals surface area contributed by atoms with E-state index in [9.17, 15) is 0 Å². The van der Waals surface area contributed by atoms with Crippen molar-refractivity contribution in [3.63, 3.8) is 0 Å². The summed E-state index contributed by atoms with van der Waals surface area (Å²) >= 11 is 0. The van der Waals surface area contributed by atoms with Gasteiger partial charge >= 0.3 is 0 Å². The molecule has 3 N–H and O–H groups in total. The first kappa shape index (κ1) is 11.1. The molecule has 0 amide bonds. The van der Waals surface area contributed by atoms with E-state index in [2.05, 4.69) is 15.6 Å². The van der Waals surface area contributed by atoms with Crippen molar-refractivity contribution in [3.8, 4) is 0 Å². The number of aromatic nitrogens is 2. The molecule has 0 fully saturated rings. The molecule has 1 heterocycles. The molecule has 1 atom stereocenters. The van der Waals surface area contributed by atoms with E-state index in [1.807, 2.05) is 26.1 Å². The van der Waals surface area contributed by atoms with Crippen molar-refractivity contribution in [1.82, 2.24) is 9.55 Å².